The Labute approximate surface area is 178 Å². The first-order valence-electron chi connectivity index (χ1n) is 9.49. The van der Waals surface area contributed by atoms with E-state index in [-0.39, 0.29) is 5.69 Å². The second kappa shape index (κ2) is 8.19. The van der Waals surface area contributed by atoms with Gasteiger partial charge in [-0.2, -0.15) is 14.9 Å². The van der Waals surface area contributed by atoms with Crippen molar-refractivity contribution in [3.8, 4) is 5.95 Å². The van der Waals surface area contributed by atoms with Gasteiger partial charge in [0.05, 0.1) is 16.8 Å². The molecular formula is C21H20N8O2. The molecule has 0 aliphatic heterocycles. The van der Waals surface area contributed by atoms with E-state index >= 15 is 0 Å². The number of aromatic nitrogens is 5. The minimum atomic E-state index is -0.397. The van der Waals surface area contributed by atoms with Crippen LogP contribution in [0.25, 0.3) is 5.95 Å². The van der Waals surface area contributed by atoms with Crippen molar-refractivity contribution in [3.05, 3.63) is 88.0 Å². The third kappa shape index (κ3) is 4.04. The standard InChI is InChI=1S/C21H20N8O2/c1-15-11-16(2)28(25-15)21-24-22-14-27(21)23-13-17-9-10-19(20(12-17)29(30)31)26(3)18-7-5-4-6-8-18/h4-14H,1-3H3/b23-13-. The maximum Gasteiger partial charge on any atom is 0.293 e. The highest BCUT2D eigenvalue weighted by Crippen LogP contribution is 2.32. The number of nitro benzene ring substituents is 1. The van der Waals surface area contributed by atoms with Crippen molar-refractivity contribution in [1.82, 2.24) is 24.7 Å². The van der Waals surface area contributed by atoms with Gasteiger partial charge in [-0.1, -0.05) is 24.3 Å². The van der Waals surface area contributed by atoms with E-state index < -0.39 is 4.92 Å². The van der Waals surface area contributed by atoms with Crippen LogP contribution in [0.3, 0.4) is 0 Å². The zero-order valence-corrected chi connectivity index (χ0v) is 17.2. The van der Waals surface area contributed by atoms with Crippen LogP contribution in [0.4, 0.5) is 17.1 Å². The van der Waals surface area contributed by atoms with Gasteiger partial charge in [0.25, 0.3) is 11.6 Å². The minimum Gasteiger partial charge on any atom is -0.339 e. The predicted molar refractivity (Wildman–Crippen MR) is 117 cm³/mol. The van der Waals surface area contributed by atoms with E-state index in [0.29, 0.717) is 17.2 Å². The van der Waals surface area contributed by atoms with Gasteiger partial charge >= 0.3 is 0 Å². The van der Waals surface area contributed by atoms with Crippen LogP contribution >= 0.6 is 0 Å². The van der Waals surface area contributed by atoms with Gasteiger partial charge in [-0.3, -0.25) is 10.1 Å². The van der Waals surface area contributed by atoms with Gasteiger partial charge in [-0.25, -0.2) is 4.68 Å². The summed E-state index contributed by atoms with van der Waals surface area (Å²) in [5.74, 6) is 0.428. The normalized spacial score (nSPS) is 11.2. The van der Waals surface area contributed by atoms with Crippen LogP contribution in [-0.2, 0) is 0 Å². The Balaban J connectivity index is 1.66. The second-order valence-electron chi connectivity index (χ2n) is 6.96. The molecule has 0 amide bonds. The van der Waals surface area contributed by atoms with Gasteiger partial charge in [0.1, 0.15) is 12.0 Å². The van der Waals surface area contributed by atoms with Gasteiger partial charge in [-0.15, -0.1) is 10.2 Å². The van der Waals surface area contributed by atoms with E-state index in [4.69, 9.17) is 0 Å². The van der Waals surface area contributed by atoms with E-state index in [1.165, 1.54) is 23.3 Å². The number of hydrogen-bond acceptors (Lipinski definition) is 7. The van der Waals surface area contributed by atoms with E-state index in [9.17, 15) is 10.1 Å². The molecule has 0 unspecified atom stereocenters. The fraction of sp³-hybridized carbons (Fsp3) is 0.143. The molecule has 0 aliphatic rings. The molecule has 4 aromatic rings. The maximum atomic E-state index is 11.7. The first-order valence-corrected chi connectivity index (χ1v) is 9.49. The van der Waals surface area contributed by atoms with Crippen LogP contribution in [0.15, 0.2) is 66.0 Å². The fourth-order valence-corrected chi connectivity index (χ4v) is 3.25. The number of nitrogens with zero attached hydrogens (tertiary/aromatic N) is 8. The Kier molecular flexibility index (Phi) is 5.27. The summed E-state index contributed by atoms with van der Waals surface area (Å²) < 4.78 is 3.11. The van der Waals surface area contributed by atoms with Crippen molar-refractivity contribution in [1.29, 1.82) is 0 Å². The van der Waals surface area contributed by atoms with Gasteiger partial charge in [0, 0.05) is 30.1 Å². The summed E-state index contributed by atoms with van der Waals surface area (Å²) >= 11 is 0. The van der Waals surface area contributed by atoms with Gasteiger partial charge in [0.2, 0.25) is 0 Å². The molecule has 0 atom stereocenters. The molecule has 2 aromatic carbocycles. The highest BCUT2D eigenvalue weighted by Gasteiger charge is 2.19. The van der Waals surface area contributed by atoms with E-state index in [2.05, 4.69) is 20.4 Å². The summed E-state index contributed by atoms with van der Waals surface area (Å²) in [6.07, 6.45) is 2.98. The molecule has 0 spiro atoms. The van der Waals surface area contributed by atoms with Crippen LogP contribution in [0.2, 0.25) is 0 Å². The number of hydrogen-bond donors (Lipinski definition) is 0. The summed E-state index contributed by atoms with van der Waals surface area (Å²) in [5, 5.41) is 28.5. The summed E-state index contributed by atoms with van der Waals surface area (Å²) in [6, 6.07) is 16.4. The molecule has 156 valence electrons. The van der Waals surface area contributed by atoms with Crippen molar-refractivity contribution >= 4 is 23.3 Å². The fourth-order valence-electron chi connectivity index (χ4n) is 3.25. The molecule has 10 nitrogen and oxygen atoms in total. The lowest BCUT2D eigenvalue weighted by Gasteiger charge is -2.19. The lowest BCUT2D eigenvalue weighted by molar-refractivity contribution is -0.384. The predicted octanol–water partition coefficient (Wildman–Crippen LogP) is 3.64. The van der Waals surface area contributed by atoms with E-state index in [1.54, 1.807) is 28.8 Å². The Morgan fingerprint density at radius 2 is 1.90 bits per heavy atom. The highest BCUT2D eigenvalue weighted by atomic mass is 16.6. The van der Waals surface area contributed by atoms with Gasteiger partial charge in [-0.05, 0) is 38.1 Å². The molecule has 31 heavy (non-hydrogen) atoms. The average Bonchev–Trinajstić information content (AvgIpc) is 3.37. The van der Waals surface area contributed by atoms with Crippen molar-refractivity contribution in [2.24, 2.45) is 5.10 Å². The van der Waals surface area contributed by atoms with Crippen LogP contribution in [0.5, 0.6) is 0 Å². The van der Waals surface area contributed by atoms with Gasteiger partial charge < -0.3 is 4.90 Å². The summed E-state index contributed by atoms with van der Waals surface area (Å²) in [7, 11) is 1.79. The third-order valence-corrected chi connectivity index (χ3v) is 4.74. The van der Waals surface area contributed by atoms with Crippen LogP contribution in [0.1, 0.15) is 17.0 Å². The molecule has 0 saturated heterocycles. The highest BCUT2D eigenvalue weighted by molar-refractivity contribution is 5.84. The maximum absolute atomic E-state index is 11.7. The average molecular weight is 416 g/mol. The summed E-state index contributed by atoms with van der Waals surface area (Å²) in [6.45, 7) is 3.80. The van der Waals surface area contributed by atoms with Crippen molar-refractivity contribution in [3.63, 3.8) is 0 Å². The molecular weight excluding hydrogens is 396 g/mol. The molecule has 0 N–H and O–H groups in total. The first-order chi connectivity index (χ1) is 14.9. The molecule has 10 heteroatoms. The SMILES string of the molecule is Cc1cc(C)n(-c2nncn2/N=C\c2ccc(N(C)c3ccccc3)c([N+](=O)[O-])c2)n1. The Morgan fingerprint density at radius 3 is 2.58 bits per heavy atom. The van der Waals surface area contributed by atoms with Crippen molar-refractivity contribution in [2.75, 3.05) is 11.9 Å². The molecule has 0 fully saturated rings. The molecule has 0 radical (unpaired) electrons. The Morgan fingerprint density at radius 1 is 1.13 bits per heavy atom. The summed E-state index contributed by atoms with van der Waals surface area (Å²) in [5.41, 5.74) is 3.64. The smallest absolute Gasteiger partial charge is 0.293 e. The molecule has 0 saturated carbocycles. The van der Waals surface area contributed by atoms with Crippen LogP contribution in [-0.4, -0.2) is 42.8 Å². The summed E-state index contributed by atoms with van der Waals surface area (Å²) in [4.78, 5) is 13.1. The number of anilines is 2. The third-order valence-electron chi connectivity index (χ3n) is 4.74. The Bertz CT molecular complexity index is 1260. The van der Waals surface area contributed by atoms with E-state index in [1.807, 2.05) is 50.2 Å². The number of nitro groups is 1. The van der Waals surface area contributed by atoms with Crippen LogP contribution < -0.4 is 4.90 Å². The second-order valence-corrected chi connectivity index (χ2v) is 6.96. The zero-order valence-electron chi connectivity index (χ0n) is 17.2. The lowest BCUT2D eigenvalue weighted by Crippen LogP contribution is -2.11. The number of aryl methyl sites for hydroxylation is 2. The zero-order chi connectivity index (χ0) is 22.0. The number of rotatable bonds is 6. The molecule has 4 rings (SSSR count). The van der Waals surface area contributed by atoms with Gasteiger partial charge in [0.15, 0.2) is 0 Å². The largest absolute Gasteiger partial charge is 0.339 e. The van der Waals surface area contributed by atoms with Crippen LogP contribution in [0, 0.1) is 24.0 Å². The first kappa shape index (κ1) is 20.0. The monoisotopic (exact) mass is 416 g/mol. The van der Waals surface area contributed by atoms with Crippen molar-refractivity contribution in [2.45, 2.75) is 13.8 Å². The topological polar surface area (TPSA) is 107 Å². The molecule has 2 heterocycles. The lowest BCUT2D eigenvalue weighted by atomic mass is 10.1. The van der Waals surface area contributed by atoms with Crippen molar-refractivity contribution < 1.29 is 4.92 Å². The minimum absolute atomic E-state index is 0.0159. The molecule has 2 aromatic heterocycles. The Hall–Kier alpha value is -4.34. The van der Waals surface area contributed by atoms with E-state index in [0.717, 1.165) is 17.1 Å². The molecule has 0 aliphatic carbocycles. The number of benzene rings is 2. The molecule has 0 bridgehead atoms. The number of para-hydroxylation sites is 1. The quantitative estimate of drug-likeness (QED) is 0.270.